The van der Waals surface area contributed by atoms with E-state index in [2.05, 4.69) is 9.44 Å². The van der Waals surface area contributed by atoms with E-state index in [0.717, 1.165) is 12.8 Å². The van der Waals surface area contributed by atoms with Crippen LogP contribution in [0.5, 0.6) is 0 Å². The highest BCUT2D eigenvalue weighted by Crippen LogP contribution is 2.45. The monoisotopic (exact) mass is 621 g/mol. The number of halogens is 2. The lowest BCUT2D eigenvalue weighted by molar-refractivity contribution is 0.103. The molecule has 3 aromatic rings. The highest BCUT2D eigenvalue weighted by molar-refractivity contribution is 7.90. The van der Waals surface area contributed by atoms with Gasteiger partial charge in [-0.1, -0.05) is 11.6 Å². The molecule has 0 aliphatic heterocycles. The molecule has 1 aliphatic carbocycles. The molecule has 3 unspecified atom stereocenters. The van der Waals surface area contributed by atoms with Gasteiger partial charge in [-0.05, 0) is 99.0 Å². The van der Waals surface area contributed by atoms with E-state index in [1.165, 1.54) is 41.0 Å². The zero-order valence-electron chi connectivity index (χ0n) is 23.2. The van der Waals surface area contributed by atoms with E-state index in [9.17, 15) is 22.7 Å². The summed E-state index contributed by atoms with van der Waals surface area (Å²) < 4.78 is 53.7. The average Bonchev–Trinajstić information content (AvgIpc) is 3.74. The van der Waals surface area contributed by atoms with Gasteiger partial charge in [-0.25, -0.2) is 13.3 Å². The maximum absolute atomic E-state index is 13.8. The van der Waals surface area contributed by atoms with Gasteiger partial charge in [0.05, 0.1) is 6.04 Å². The van der Waals surface area contributed by atoms with E-state index >= 15 is 0 Å². The number of pyridine rings is 1. The van der Waals surface area contributed by atoms with E-state index in [1.807, 2.05) is 20.8 Å². The Balaban J connectivity index is 1.92. The van der Waals surface area contributed by atoms with Crippen LogP contribution in [0, 0.1) is 11.7 Å². The second kappa shape index (κ2) is 12.9. The number of carbonyl (C=O) groups is 1. The molecule has 3 atom stereocenters. The molecule has 3 N–H and O–H groups in total. The van der Waals surface area contributed by atoms with E-state index in [1.54, 1.807) is 19.3 Å². The number of hydrogen-bond acceptors (Lipinski definition) is 5. The zero-order chi connectivity index (χ0) is 30.1. The van der Waals surface area contributed by atoms with E-state index in [4.69, 9.17) is 16.2 Å². The molecule has 0 amide bonds. The maximum Gasteiger partial charge on any atom is 0.250 e. The molecule has 0 radical (unpaired) electrons. The molecule has 1 fully saturated rings. The first-order valence-electron chi connectivity index (χ1n) is 13.1. The third-order valence-corrected chi connectivity index (χ3v) is 9.31. The number of nitrogens with zero attached hydrogens (tertiary/aromatic N) is 1. The molecule has 1 aromatic heterocycles. The number of hydrogen-bond donors (Lipinski definition) is 3. The molecule has 0 bridgehead atoms. The lowest BCUT2D eigenvalue weighted by Gasteiger charge is -2.29. The standard InChI is InChI=1S/C29H33ClFN3O5S2/c1-29(2,3)40(37)33-27(17-5-6-17)22-15-26(35)34(4)16-24(22)21-13-19(11-12-32-41(38)39)25(30)14-23(21)28(36)18-7-9-20(31)10-8-18/h7-10,13-17,27,32-33H,5-6,11-12H2,1-4H3,(H,38,39). The van der Waals surface area contributed by atoms with E-state index in [-0.39, 0.29) is 40.6 Å². The second-order valence-electron chi connectivity index (χ2n) is 11.1. The lowest BCUT2D eigenvalue weighted by atomic mass is 9.87. The molecule has 8 nitrogen and oxygen atoms in total. The molecule has 1 aliphatic rings. The Morgan fingerprint density at radius 3 is 2.46 bits per heavy atom. The number of benzene rings is 2. The first-order valence-corrected chi connectivity index (χ1v) is 15.8. The summed E-state index contributed by atoms with van der Waals surface area (Å²) in [7, 11) is 1.61. The number of nitrogens with one attached hydrogen (secondary N) is 2. The van der Waals surface area contributed by atoms with Crippen molar-refractivity contribution in [3.8, 4) is 11.1 Å². The Bertz CT molecular complexity index is 1520. The van der Waals surface area contributed by atoms with Crippen LogP contribution in [0.3, 0.4) is 0 Å². The fourth-order valence-electron chi connectivity index (χ4n) is 4.51. The maximum atomic E-state index is 13.8. The van der Waals surface area contributed by atoms with Gasteiger partial charge < -0.3 is 9.12 Å². The van der Waals surface area contributed by atoms with Gasteiger partial charge in [0.1, 0.15) is 10.6 Å². The average molecular weight is 622 g/mol. The Kier molecular flexibility index (Phi) is 9.90. The van der Waals surface area contributed by atoms with Crippen LogP contribution in [0.4, 0.5) is 4.39 Å². The van der Waals surface area contributed by atoms with Gasteiger partial charge in [0, 0.05) is 58.9 Å². The van der Waals surface area contributed by atoms with Gasteiger partial charge in [-0.15, -0.1) is 4.72 Å². The molecular formula is C29H33ClFN3O5S2. The summed E-state index contributed by atoms with van der Waals surface area (Å²) in [6, 6.07) is 9.59. The number of carbonyl (C=O) groups excluding carboxylic acids is 1. The molecule has 1 saturated carbocycles. The van der Waals surface area contributed by atoms with Crippen molar-refractivity contribution in [1.82, 2.24) is 14.0 Å². The van der Waals surface area contributed by atoms with Crippen molar-refractivity contribution in [3.63, 3.8) is 0 Å². The minimum atomic E-state index is -2.21. The molecule has 12 heteroatoms. The SMILES string of the molecule is Cn1cc(-c2cc(CCNS(=O)O)c(Cl)cc2C(=O)c2ccc(F)cc2)c(C(N[S+]([O-])C(C)(C)C)C2CC2)cc1=O. The van der Waals surface area contributed by atoms with Crippen LogP contribution in [-0.4, -0.2) is 35.0 Å². The van der Waals surface area contributed by atoms with Gasteiger partial charge in [0.15, 0.2) is 5.78 Å². The summed E-state index contributed by atoms with van der Waals surface area (Å²) >= 11 is 2.98. The van der Waals surface area contributed by atoms with E-state index < -0.39 is 45.0 Å². The van der Waals surface area contributed by atoms with Gasteiger partial charge in [0.2, 0.25) is 11.3 Å². The Labute approximate surface area is 249 Å². The van der Waals surface area contributed by atoms with Gasteiger partial charge in [-0.2, -0.15) is 0 Å². The van der Waals surface area contributed by atoms with Crippen LogP contribution in [0.25, 0.3) is 11.1 Å². The van der Waals surface area contributed by atoms with Crippen molar-refractivity contribution >= 4 is 40.0 Å². The molecule has 0 saturated heterocycles. The van der Waals surface area contributed by atoms with Crippen molar-refractivity contribution < 1.29 is 22.5 Å². The quantitative estimate of drug-likeness (QED) is 0.160. The number of aryl methyl sites for hydroxylation is 1. The van der Waals surface area contributed by atoms with Crippen molar-refractivity contribution in [2.75, 3.05) is 6.54 Å². The summed E-state index contributed by atoms with van der Waals surface area (Å²) in [5.74, 6) is -0.717. The van der Waals surface area contributed by atoms with Crippen molar-refractivity contribution in [2.45, 2.75) is 50.8 Å². The van der Waals surface area contributed by atoms with Gasteiger partial charge in [0.25, 0.3) is 5.56 Å². The van der Waals surface area contributed by atoms with E-state index in [0.29, 0.717) is 22.3 Å². The van der Waals surface area contributed by atoms with Crippen LogP contribution < -0.4 is 15.0 Å². The summed E-state index contributed by atoms with van der Waals surface area (Å²) in [4.78, 5) is 26.7. The predicted octanol–water partition coefficient (Wildman–Crippen LogP) is 4.85. The van der Waals surface area contributed by atoms with Crippen molar-refractivity contribution in [2.24, 2.45) is 13.0 Å². The fraction of sp³-hybridized carbons (Fsp3) is 0.379. The fourth-order valence-corrected chi connectivity index (χ4v) is 5.95. The molecular weight excluding hydrogens is 589 g/mol. The third kappa shape index (κ3) is 7.72. The third-order valence-electron chi connectivity index (χ3n) is 6.93. The highest BCUT2D eigenvalue weighted by Gasteiger charge is 2.40. The van der Waals surface area contributed by atoms with Crippen LogP contribution in [0.1, 0.15) is 66.7 Å². The summed E-state index contributed by atoms with van der Waals surface area (Å²) in [6.45, 7) is 5.74. The predicted molar refractivity (Wildman–Crippen MR) is 161 cm³/mol. The minimum absolute atomic E-state index is 0.143. The second-order valence-corrected chi connectivity index (χ2v) is 14.3. The van der Waals surface area contributed by atoms with Gasteiger partial charge in [-0.3, -0.25) is 14.1 Å². The largest absolute Gasteiger partial charge is 0.598 e. The molecule has 220 valence electrons. The van der Waals surface area contributed by atoms with Crippen molar-refractivity contribution in [1.29, 1.82) is 0 Å². The lowest BCUT2D eigenvalue weighted by Crippen LogP contribution is -2.42. The Morgan fingerprint density at radius 2 is 1.88 bits per heavy atom. The summed E-state index contributed by atoms with van der Waals surface area (Å²) in [6.07, 6.45) is 3.72. The molecule has 0 spiro atoms. The Hall–Kier alpha value is -2.38. The van der Waals surface area contributed by atoms with Crippen molar-refractivity contribution in [3.05, 3.63) is 92.1 Å². The first-order chi connectivity index (χ1) is 19.3. The zero-order valence-corrected chi connectivity index (χ0v) is 25.6. The molecule has 4 rings (SSSR count). The topological polar surface area (TPSA) is 123 Å². The number of ketones is 1. The normalized spacial score (nSPS) is 15.9. The highest BCUT2D eigenvalue weighted by atomic mass is 35.5. The summed E-state index contributed by atoms with van der Waals surface area (Å²) in [5, 5.41) is 0.279. The molecule has 2 aromatic carbocycles. The van der Waals surface area contributed by atoms with Crippen LogP contribution >= 0.6 is 11.6 Å². The minimum Gasteiger partial charge on any atom is -0.598 e. The Morgan fingerprint density at radius 1 is 1.22 bits per heavy atom. The molecule has 41 heavy (non-hydrogen) atoms. The first kappa shape index (κ1) is 31.6. The molecule has 1 heterocycles. The van der Waals surface area contributed by atoms with Crippen LogP contribution in [0.2, 0.25) is 5.02 Å². The van der Waals surface area contributed by atoms with Crippen LogP contribution in [-0.2, 0) is 36.1 Å². The van der Waals surface area contributed by atoms with Crippen LogP contribution in [0.15, 0.2) is 53.5 Å². The number of aromatic nitrogens is 1. The smallest absolute Gasteiger partial charge is 0.250 e. The summed E-state index contributed by atoms with van der Waals surface area (Å²) in [5.41, 5.74) is 2.55. The number of rotatable bonds is 11. The van der Waals surface area contributed by atoms with Gasteiger partial charge >= 0.3 is 0 Å².